The van der Waals surface area contributed by atoms with Crippen LogP contribution in [0, 0.1) is 5.92 Å². The molecule has 0 amide bonds. The van der Waals surface area contributed by atoms with E-state index in [9.17, 15) is 4.79 Å². The van der Waals surface area contributed by atoms with Crippen LogP contribution in [0.2, 0.25) is 0 Å². The van der Waals surface area contributed by atoms with Gasteiger partial charge in [-0.1, -0.05) is 6.07 Å². The minimum absolute atomic E-state index is 0.0556. The lowest BCUT2D eigenvalue weighted by atomic mass is 10.0. The highest BCUT2D eigenvalue weighted by Gasteiger charge is 2.25. The number of aromatic amines is 1. The highest BCUT2D eigenvalue weighted by molar-refractivity contribution is 5.43. The van der Waals surface area contributed by atoms with Crippen molar-refractivity contribution in [1.82, 2.24) is 14.9 Å². The van der Waals surface area contributed by atoms with Gasteiger partial charge in [-0.2, -0.15) is 0 Å². The zero-order chi connectivity index (χ0) is 19.5. The van der Waals surface area contributed by atoms with Crippen molar-refractivity contribution in [2.75, 3.05) is 19.8 Å². The first-order valence-corrected chi connectivity index (χ1v) is 10.4. The van der Waals surface area contributed by atoms with E-state index < -0.39 is 0 Å². The summed E-state index contributed by atoms with van der Waals surface area (Å²) in [6, 6.07) is 6.14. The second-order valence-electron chi connectivity index (χ2n) is 7.69. The van der Waals surface area contributed by atoms with Crippen LogP contribution in [0.5, 0.6) is 11.5 Å². The first-order chi connectivity index (χ1) is 13.7. The van der Waals surface area contributed by atoms with Crippen LogP contribution in [0.4, 0.5) is 0 Å². The molecule has 1 aliphatic carbocycles. The van der Waals surface area contributed by atoms with Gasteiger partial charge in [0.2, 0.25) is 0 Å². The SMILES string of the molecule is CCOc1ccc(CN2CCc3c(nc(CC4CC4)[nH]c3=O)C2)cc1OCC. The number of H-pyrrole nitrogens is 1. The maximum atomic E-state index is 12.4. The molecule has 2 aromatic rings. The molecule has 0 atom stereocenters. The number of fused-ring (bicyclic) bond motifs is 1. The molecule has 0 bridgehead atoms. The Morgan fingerprint density at radius 1 is 1.18 bits per heavy atom. The predicted octanol–water partition coefficient (Wildman–Crippen LogP) is 3.08. The molecule has 1 aromatic carbocycles. The molecule has 1 aromatic heterocycles. The molecule has 0 radical (unpaired) electrons. The third-order valence-electron chi connectivity index (χ3n) is 5.39. The average Bonchev–Trinajstić information content (AvgIpc) is 3.48. The minimum atomic E-state index is 0.0556. The van der Waals surface area contributed by atoms with Crippen LogP contribution in [0.25, 0.3) is 0 Å². The summed E-state index contributed by atoms with van der Waals surface area (Å²) in [5.41, 5.74) is 3.04. The van der Waals surface area contributed by atoms with Crippen LogP contribution in [0.1, 0.15) is 49.3 Å². The summed E-state index contributed by atoms with van der Waals surface area (Å²) in [6.07, 6.45) is 4.16. The van der Waals surface area contributed by atoms with E-state index in [4.69, 9.17) is 14.5 Å². The molecule has 0 unspecified atom stereocenters. The Bertz CT molecular complexity index is 889. The lowest BCUT2D eigenvalue weighted by molar-refractivity contribution is 0.238. The van der Waals surface area contributed by atoms with Crippen molar-refractivity contribution in [2.24, 2.45) is 5.92 Å². The molecule has 1 saturated carbocycles. The van der Waals surface area contributed by atoms with Crippen LogP contribution in [-0.4, -0.2) is 34.6 Å². The smallest absolute Gasteiger partial charge is 0.254 e. The number of ether oxygens (including phenoxy) is 2. The Labute approximate surface area is 165 Å². The van der Waals surface area contributed by atoms with Gasteiger partial charge < -0.3 is 14.5 Å². The van der Waals surface area contributed by atoms with E-state index in [1.807, 2.05) is 19.9 Å². The van der Waals surface area contributed by atoms with Crippen molar-refractivity contribution < 1.29 is 9.47 Å². The van der Waals surface area contributed by atoms with Crippen LogP contribution >= 0.6 is 0 Å². The van der Waals surface area contributed by atoms with Gasteiger partial charge in [-0.15, -0.1) is 0 Å². The van der Waals surface area contributed by atoms with Gasteiger partial charge >= 0.3 is 0 Å². The molecule has 1 aliphatic heterocycles. The van der Waals surface area contributed by atoms with Crippen LogP contribution < -0.4 is 15.0 Å². The quantitative estimate of drug-likeness (QED) is 0.759. The van der Waals surface area contributed by atoms with Gasteiger partial charge in [-0.25, -0.2) is 4.98 Å². The maximum absolute atomic E-state index is 12.4. The average molecular weight is 383 g/mol. The summed E-state index contributed by atoms with van der Waals surface area (Å²) in [4.78, 5) is 22.6. The first-order valence-electron chi connectivity index (χ1n) is 10.4. The van der Waals surface area contributed by atoms with Crippen LogP contribution in [0.3, 0.4) is 0 Å². The van der Waals surface area contributed by atoms with Gasteiger partial charge in [0.15, 0.2) is 11.5 Å². The minimum Gasteiger partial charge on any atom is -0.490 e. The maximum Gasteiger partial charge on any atom is 0.254 e. The normalized spacial score (nSPS) is 16.6. The molecule has 28 heavy (non-hydrogen) atoms. The van der Waals surface area contributed by atoms with E-state index in [1.165, 1.54) is 18.4 Å². The van der Waals surface area contributed by atoms with Gasteiger partial charge in [0.1, 0.15) is 5.82 Å². The Kier molecular flexibility index (Phi) is 5.67. The fourth-order valence-electron chi connectivity index (χ4n) is 3.82. The number of nitrogens with zero attached hydrogens (tertiary/aromatic N) is 2. The summed E-state index contributed by atoms with van der Waals surface area (Å²) in [5, 5.41) is 0. The lowest BCUT2D eigenvalue weighted by Crippen LogP contribution is -2.35. The fourth-order valence-corrected chi connectivity index (χ4v) is 3.82. The summed E-state index contributed by atoms with van der Waals surface area (Å²) in [5.74, 6) is 3.14. The van der Waals surface area contributed by atoms with Gasteiger partial charge in [-0.3, -0.25) is 9.69 Å². The second kappa shape index (κ2) is 8.35. The summed E-state index contributed by atoms with van der Waals surface area (Å²) < 4.78 is 11.4. The molecular weight excluding hydrogens is 354 g/mol. The zero-order valence-electron chi connectivity index (χ0n) is 16.8. The van der Waals surface area contributed by atoms with E-state index in [1.54, 1.807) is 0 Å². The number of rotatable bonds is 8. The topological polar surface area (TPSA) is 67.5 Å². The zero-order valence-corrected chi connectivity index (χ0v) is 16.8. The van der Waals surface area contributed by atoms with E-state index in [2.05, 4.69) is 22.0 Å². The third-order valence-corrected chi connectivity index (χ3v) is 5.39. The van der Waals surface area contributed by atoms with Gasteiger partial charge in [0.25, 0.3) is 5.56 Å². The molecular formula is C22H29N3O3. The molecule has 1 fully saturated rings. The number of hydrogen-bond donors (Lipinski definition) is 1. The molecule has 0 spiro atoms. The molecule has 6 nitrogen and oxygen atoms in total. The van der Waals surface area contributed by atoms with Crippen molar-refractivity contribution >= 4 is 0 Å². The molecule has 150 valence electrons. The highest BCUT2D eigenvalue weighted by atomic mass is 16.5. The number of hydrogen-bond acceptors (Lipinski definition) is 5. The molecule has 6 heteroatoms. The van der Waals surface area contributed by atoms with Crippen LogP contribution in [0.15, 0.2) is 23.0 Å². The lowest BCUT2D eigenvalue weighted by Gasteiger charge is -2.28. The standard InChI is InChI=1S/C22H29N3O3/c1-3-27-19-8-7-16(11-20(19)28-4-2)13-25-10-9-17-18(14-25)23-21(24-22(17)26)12-15-5-6-15/h7-8,11,15H,3-6,9-10,12-14H2,1-2H3,(H,23,24,26). The van der Waals surface area contributed by atoms with Crippen molar-refractivity contribution in [2.45, 2.75) is 52.6 Å². The Balaban J connectivity index is 1.49. The van der Waals surface area contributed by atoms with Crippen molar-refractivity contribution in [3.8, 4) is 11.5 Å². The van der Waals surface area contributed by atoms with E-state index in [0.717, 1.165) is 54.5 Å². The molecule has 2 heterocycles. The van der Waals surface area contributed by atoms with Crippen LogP contribution in [-0.2, 0) is 25.9 Å². The van der Waals surface area contributed by atoms with Gasteiger partial charge in [0.05, 0.1) is 18.9 Å². The fraction of sp³-hybridized carbons (Fsp3) is 0.545. The molecule has 0 saturated heterocycles. The second-order valence-corrected chi connectivity index (χ2v) is 7.69. The Morgan fingerprint density at radius 3 is 2.71 bits per heavy atom. The number of benzene rings is 1. The van der Waals surface area contributed by atoms with E-state index in [0.29, 0.717) is 25.7 Å². The number of nitrogens with one attached hydrogen (secondary N) is 1. The molecule has 2 aliphatic rings. The molecule has 4 rings (SSSR count). The van der Waals surface area contributed by atoms with Gasteiger partial charge in [-0.05, 0) is 56.7 Å². The predicted molar refractivity (Wildman–Crippen MR) is 108 cm³/mol. The van der Waals surface area contributed by atoms with E-state index >= 15 is 0 Å². The Morgan fingerprint density at radius 2 is 1.96 bits per heavy atom. The largest absolute Gasteiger partial charge is 0.490 e. The van der Waals surface area contributed by atoms with Gasteiger partial charge in [0, 0.05) is 31.6 Å². The van der Waals surface area contributed by atoms with Crippen molar-refractivity contribution in [1.29, 1.82) is 0 Å². The van der Waals surface area contributed by atoms with Crippen molar-refractivity contribution in [3.63, 3.8) is 0 Å². The Hall–Kier alpha value is -2.34. The van der Waals surface area contributed by atoms with Crippen molar-refractivity contribution in [3.05, 3.63) is 51.2 Å². The summed E-state index contributed by atoms with van der Waals surface area (Å²) in [6.45, 7) is 7.56. The third kappa shape index (κ3) is 4.38. The first kappa shape index (κ1) is 19.0. The highest BCUT2D eigenvalue weighted by Crippen LogP contribution is 2.32. The molecule has 1 N–H and O–H groups in total. The number of aromatic nitrogens is 2. The summed E-state index contributed by atoms with van der Waals surface area (Å²) in [7, 11) is 0. The summed E-state index contributed by atoms with van der Waals surface area (Å²) >= 11 is 0. The monoisotopic (exact) mass is 383 g/mol. The van der Waals surface area contributed by atoms with E-state index in [-0.39, 0.29) is 5.56 Å².